The largest absolute Gasteiger partial charge is 0.496 e. The van der Waals surface area contributed by atoms with E-state index in [1.165, 1.54) is 37.8 Å². The normalized spacial score (nSPS) is 18.3. The minimum absolute atomic E-state index is 0.453. The fourth-order valence-electron chi connectivity index (χ4n) is 2.69. The molecule has 0 unspecified atom stereocenters. The molecule has 108 valence electrons. The van der Waals surface area contributed by atoms with Crippen LogP contribution in [0.1, 0.15) is 36.8 Å². The quantitative estimate of drug-likeness (QED) is 0.784. The number of benzene rings is 1. The number of ether oxygens (including phenoxy) is 1. The molecule has 2 aliphatic carbocycles. The highest BCUT2D eigenvalue weighted by Gasteiger charge is 2.33. The molecule has 0 saturated heterocycles. The van der Waals surface area contributed by atoms with Gasteiger partial charge in [-0.1, -0.05) is 12.2 Å². The Labute approximate surface area is 126 Å². The van der Waals surface area contributed by atoms with Crippen molar-refractivity contribution < 1.29 is 4.74 Å². The van der Waals surface area contributed by atoms with Gasteiger partial charge in [-0.3, -0.25) is 4.90 Å². The van der Waals surface area contributed by atoms with Crippen molar-refractivity contribution in [2.75, 3.05) is 13.7 Å². The van der Waals surface area contributed by atoms with Crippen molar-refractivity contribution in [3.63, 3.8) is 0 Å². The van der Waals surface area contributed by atoms with E-state index in [1.54, 1.807) is 7.11 Å². The van der Waals surface area contributed by atoms with Crippen LogP contribution < -0.4 is 10.5 Å². The molecule has 2 saturated carbocycles. The summed E-state index contributed by atoms with van der Waals surface area (Å²) in [5.41, 5.74) is 7.87. The number of hydrogen-bond acceptors (Lipinski definition) is 3. The van der Waals surface area contributed by atoms with Gasteiger partial charge < -0.3 is 10.5 Å². The maximum Gasteiger partial charge on any atom is 0.123 e. The molecule has 1 aromatic rings. The number of nitrogens with zero attached hydrogens (tertiary/aromatic N) is 1. The third-order valence-electron chi connectivity index (χ3n) is 4.19. The van der Waals surface area contributed by atoms with E-state index in [1.807, 2.05) is 12.1 Å². The van der Waals surface area contributed by atoms with E-state index in [0.717, 1.165) is 29.8 Å². The summed E-state index contributed by atoms with van der Waals surface area (Å²) in [6.45, 7) is 2.17. The lowest BCUT2D eigenvalue weighted by Gasteiger charge is -2.23. The highest BCUT2D eigenvalue weighted by molar-refractivity contribution is 7.80. The van der Waals surface area contributed by atoms with Crippen molar-refractivity contribution in [2.24, 2.45) is 11.7 Å². The first-order chi connectivity index (χ1) is 9.67. The Morgan fingerprint density at radius 2 is 2.10 bits per heavy atom. The van der Waals surface area contributed by atoms with E-state index in [0.29, 0.717) is 4.99 Å². The zero-order valence-corrected chi connectivity index (χ0v) is 12.8. The fourth-order valence-corrected chi connectivity index (χ4v) is 2.82. The van der Waals surface area contributed by atoms with Gasteiger partial charge in [-0.15, -0.1) is 0 Å². The molecule has 2 aliphatic rings. The van der Waals surface area contributed by atoms with Gasteiger partial charge in [0, 0.05) is 30.3 Å². The van der Waals surface area contributed by atoms with E-state index >= 15 is 0 Å². The summed E-state index contributed by atoms with van der Waals surface area (Å²) >= 11 is 5.08. The Morgan fingerprint density at radius 3 is 2.65 bits per heavy atom. The molecule has 4 heteroatoms. The first-order valence-electron chi connectivity index (χ1n) is 7.38. The maximum absolute atomic E-state index is 5.74. The van der Waals surface area contributed by atoms with Gasteiger partial charge in [0.15, 0.2) is 0 Å². The van der Waals surface area contributed by atoms with Crippen LogP contribution in [0.4, 0.5) is 0 Å². The van der Waals surface area contributed by atoms with E-state index in [-0.39, 0.29) is 0 Å². The Balaban J connectivity index is 1.78. The number of rotatable bonds is 7. The third kappa shape index (κ3) is 3.30. The standard InChI is InChI=1S/C16H22N2OS/c1-19-15-7-4-12(16(17)20)8-13(15)10-18(14-5-6-14)9-11-2-3-11/h4,7-8,11,14H,2-3,5-6,9-10H2,1H3,(H2,17,20). The summed E-state index contributed by atoms with van der Waals surface area (Å²) in [4.78, 5) is 3.06. The van der Waals surface area contributed by atoms with Crippen LogP contribution in [0.15, 0.2) is 18.2 Å². The van der Waals surface area contributed by atoms with Gasteiger partial charge in [0.2, 0.25) is 0 Å². The number of methoxy groups -OCH3 is 1. The summed E-state index contributed by atoms with van der Waals surface area (Å²) in [6, 6.07) is 6.77. The van der Waals surface area contributed by atoms with Gasteiger partial charge in [0.1, 0.15) is 10.7 Å². The van der Waals surface area contributed by atoms with Gasteiger partial charge in [-0.05, 0) is 49.8 Å². The van der Waals surface area contributed by atoms with Crippen LogP contribution >= 0.6 is 12.2 Å². The highest BCUT2D eigenvalue weighted by atomic mass is 32.1. The van der Waals surface area contributed by atoms with Crippen molar-refractivity contribution in [1.82, 2.24) is 4.90 Å². The predicted octanol–water partition coefficient (Wildman–Crippen LogP) is 2.70. The van der Waals surface area contributed by atoms with Gasteiger partial charge >= 0.3 is 0 Å². The molecule has 3 nitrogen and oxygen atoms in total. The van der Waals surface area contributed by atoms with E-state index in [9.17, 15) is 0 Å². The zero-order chi connectivity index (χ0) is 14.1. The molecule has 0 amide bonds. The molecule has 20 heavy (non-hydrogen) atoms. The molecule has 0 bridgehead atoms. The van der Waals surface area contributed by atoms with Crippen molar-refractivity contribution in [3.8, 4) is 5.75 Å². The third-order valence-corrected chi connectivity index (χ3v) is 4.43. The van der Waals surface area contributed by atoms with E-state index in [4.69, 9.17) is 22.7 Å². The molecular formula is C16H22N2OS. The summed E-state index contributed by atoms with van der Waals surface area (Å²) in [5.74, 6) is 1.85. The minimum atomic E-state index is 0.453. The van der Waals surface area contributed by atoms with Gasteiger partial charge in [-0.2, -0.15) is 0 Å². The maximum atomic E-state index is 5.74. The van der Waals surface area contributed by atoms with E-state index < -0.39 is 0 Å². The lowest BCUT2D eigenvalue weighted by molar-refractivity contribution is 0.240. The van der Waals surface area contributed by atoms with Crippen LogP contribution in [0.3, 0.4) is 0 Å². The van der Waals surface area contributed by atoms with E-state index in [2.05, 4.69) is 11.0 Å². The first kappa shape index (κ1) is 13.8. The van der Waals surface area contributed by atoms with Crippen molar-refractivity contribution in [2.45, 2.75) is 38.3 Å². The topological polar surface area (TPSA) is 38.5 Å². The van der Waals surface area contributed by atoms with Crippen LogP contribution in [-0.2, 0) is 6.54 Å². The molecule has 0 atom stereocenters. The van der Waals surface area contributed by atoms with Crippen molar-refractivity contribution >= 4 is 17.2 Å². The first-order valence-corrected chi connectivity index (χ1v) is 7.79. The summed E-state index contributed by atoms with van der Waals surface area (Å²) in [7, 11) is 1.72. The average Bonchev–Trinajstić information content (AvgIpc) is 3.30. The zero-order valence-electron chi connectivity index (χ0n) is 12.0. The molecule has 1 aromatic carbocycles. The Bertz CT molecular complexity index is 509. The second-order valence-corrected chi connectivity index (χ2v) is 6.43. The molecule has 2 fully saturated rings. The van der Waals surface area contributed by atoms with Crippen molar-refractivity contribution in [3.05, 3.63) is 29.3 Å². The monoisotopic (exact) mass is 290 g/mol. The highest BCUT2D eigenvalue weighted by Crippen LogP contribution is 2.36. The minimum Gasteiger partial charge on any atom is -0.496 e. The Kier molecular flexibility index (Phi) is 3.94. The molecule has 2 N–H and O–H groups in total. The van der Waals surface area contributed by atoms with Crippen LogP contribution in [0.25, 0.3) is 0 Å². The molecule has 0 spiro atoms. The number of thiocarbonyl (C=S) groups is 1. The fraction of sp³-hybridized carbons (Fsp3) is 0.562. The lowest BCUT2D eigenvalue weighted by Crippen LogP contribution is -2.28. The molecule has 0 heterocycles. The number of hydrogen-bond donors (Lipinski definition) is 1. The molecule has 0 aromatic heterocycles. The second kappa shape index (κ2) is 5.70. The average molecular weight is 290 g/mol. The Morgan fingerprint density at radius 1 is 1.35 bits per heavy atom. The second-order valence-electron chi connectivity index (χ2n) is 5.99. The summed E-state index contributed by atoms with van der Waals surface area (Å²) < 4.78 is 5.49. The smallest absolute Gasteiger partial charge is 0.123 e. The molecular weight excluding hydrogens is 268 g/mol. The lowest BCUT2D eigenvalue weighted by atomic mass is 10.1. The summed E-state index contributed by atoms with van der Waals surface area (Å²) in [6.07, 6.45) is 5.47. The SMILES string of the molecule is COc1ccc(C(N)=S)cc1CN(CC1CC1)C1CC1. The van der Waals surface area contributed by atoms with Crippen molar-refractivity contribution in [1.29, 1.82) is 0 Å². The van der Waals surface area contributed by atoms with Crippen LogP contribution in [-0.4, -0.2) is 29.6 Å². The predicted molar refractivity (Wildman–Crippen MR) is 85.0 cm³/mol. The summed E-state index contributed by atoms with van der Waals surface area (Å²) in [5, 5.41) is 0. The Hall–Kier alpha value is -1.13. The van der Waals surface area contributed by atoms with Gasteiger partial charge in [-0.25, -0.2) is 0 Å². The van der Waals surface area contributed by atoms with Crippen LogP contribution in [0.2, 0.25) is 0 Å². The van der Waals surface area contributed by atoms with Gasteiger partial charge in [0.05, 0.1) is 7.11 Å². The molecule has 0 aliphatic heterocycles. The van der Waals surface area contributed by atoms with Crippen LogP contribution in [0.5, 0.6) is 5.75 Å². The molecule has 0 radical (unpaired) electrons. The van der Waals surface area contributed by atoms with Gasteiger partial charge in [0.25, 0.3) is 0 Å². The molecule has 3 rings (SSSR count). The number of nitrogens with two attached hydrogens (primary N) is 1. The van der Waals surface area contributed by atoms with Crippen LogP contribution in [0, 0.1) is 5.92 Å².